The van der Waals surface area contributed by atoms with E-state index in [-0.39, 0.29) is 0 Å². The zero-order valence-corrected chi connectivity index (χ0v) is 16.7. The van der Waals surface area contributed by atoms with Crippen molar-refractivity contribution in [3.63, 3.8) is 0 Å². The fraction of sp³-hybridized carbons (Fsp3) is 0.316. The molecule has 0 saturated carbocycles. The molecule has 2 aromatic carbocycles. The molecule has 0 aliphatic heterocycles. The van der Waals surface area contributed by atoms with Crippen LogP contribution < -0.4 is 14.9 Å². The van der Waals surface area contributed by atoms with Gasteiger partial charge in [0.2, 0.25) is 0 Å². The Hall–Kier alpha value is -1.72. The van der Waals surface area contributed by atoms with Gasteiger partial charge in [0.15, 0.2) is 11.5 Å². The molecule has 134 valence electrons. The Morgan fingerprint density at radius 3 is 2.60 bits per heavy atom. The van der Waals surface area contributed by atoms with E-state index in [0.717, 1.165) is 32.8 Å². The van der Waals surface area contributed by atoms with Gasteiger partial charge in [0.25, 0.3) is 0 Å². The van der Waals surface area contributed by atoms with Gasteiger partial charge in [-0.25, -0.2) is 0 Å². The number of ether oxygens (including phenoxy) is 2. The Morgan fingerprint density at radius 1 is 1.16 bits per heavy atom. The first kappa shape index (κ1) is 19.6. The maximum Gasteiger partial charge on any atom is 0.175 e. The minimum absolute atomic E-state index is 0.574. The second kappa shape index (κ2) is 10.3. The van der Waals surface area contributed by atoms with Crippen molar-refractivity contribution in [2.24, 2.45) is 5.10 Å². The molecule has 0 amide bonds. The fourth-order valence-electron chi connectivity index (χ4n) is 2.13. The molecule has 0 spiro atoms. The normalized spacial score (nSPS) is 10.9. The Morgan fingerprint density at radius 2 is 1.92 bits per heavy atom. The number of hydrazone groups is 1. The number of nitrogens with zero attached hydrogens (tertiary/aromatic N) is 1. The van der Waals surface area contributed by atoms with Gasteiger partial charge < -0.3 is 14.9 Å². The van der Waals surface area contributed by atoms with Crippen LogP contribution in [0.3, 0.4) is 0 Å². The first-order valence-electron chi connectivity index (χ1n) is 8.23. The van der Waals surface area contributed by atoms with Crippen LogP contribution in [0.15, 0.2) is 46.0 Å². The molecule has 0 fully saturated rings. The summed E-state index contributed by atoms with van der Waals surface area (Å²) in [6.45, 7) is 5.87. The zero-order valence-electron chi connectivity index (χ0n) is 14.4. The second-order valence-electron chi connectivity index (χ2n) is 5.33. The lowest BCUT2D eigenvalue weighted by Gasteiger charge is -2.14. The predicted octanol–water partition coefficient (Wildman–Crippen LogP) is 5.41. The quantitative estimate of drug-likeness (QED) is 0.431. The highest BCUT2D eigenvalue weighted by Gasteiger charge is 2.11. The average Bonchev–Trinajstić information content (AvgIpc) is 2.60. The Balaban J connectivity index is 2.03. The molecule has 0 saturated heterocycles. The van der Waals surface area contributed by atoms with E-state index in [2.05, 4.69) is 33.4 Å². The third kappa shape index (κ3) is 6.25. The van der Waals surface area contributed by atoms with Crippen LogP contribution in [0.5, 0.6) is 11.5 Å². The highest BCUT2D eigenvalue weighted by molar-refractivity contribution is 9.10. The van der Waals surface area contributed by atoms with Gasteiger partial charge in [-0.3, -0.25) is 0 Å². The van der Waals surface area contributed by atoms with Crippen LogP contribution in [0, 0.1) is 0 Å². The van der Waals surface area contributed by atoms with E-state index in [4.69, 9.17) is 21.1 Å². The molecule has 0 aliphatic rings. The van der Waals surface area contributed by atoms with Crippen molar-refractivity contribution in [1.29, 1.82) is 0 Å². The van der Waals surface area contributed by atoms with Gasteiger partial charge in [-0.05, 0) is 64.7 Å². The van der Waals surface area contributed by atoms with Gasteiger partial charge in [0, 0.05) is 5.02 Å². The molecule has 25 heavy (non-hydrogen) atoms. The molecule has 6 heteroatoms. The van der Waals surface area contributed by atoms with Gasteiger partial charge in [-0.2, -0.15) is 5.10 Å². The van der Waals surface area contributed by atoms with Crippen LogP contribution in [-0.2, 0) is 6.54 Å². The Bertz CT molecular complexity index is 705. The maximum absolute atomic E-state index is 5.88. The minimum atomic E-state index is 0.574. The van der Waals surface area contributed by atoms with E-state index in [9.17, 15) is 0 Å². The van der Waals surface area contributed by atoms with Crippen molar-refractivity contribution in [2.75, 3.05) is 13.2 Å². The van der Waals surface area contributed by atoms with E-state index in [1.54, 1.807) is 6.21 Å². The summed E-state index contributed by atoms with van der Waals surface area (Å²) in [7, 11) is 0. The molecule has 0 aromatic heterocycles. The third-order valence-electron chi connectivity index (χ3n) is 3.28. The van der Waals surface area contributed by atoms with E-state index >= 15 is 0 Å². The van der Waals surface area contributed by atoms with E-state index < -0.39 is 0 Å². The average molecular weight is 426 g/mol. The topological polar surface area (TPSA) is 42.8 Å². The van der Waals surface area contributed by atoms with Gasteiger partial charge in [-0.1, -0.05) is 30.7 Å². The maximum atomic E-state index is 5.88. The summed E-state index contributed by atoms with van der Waals surface area (Å²) >= 11 is 9.43. The largest absolute Gasteiger partial charge is 0.490 e. The molecule has 2 rings (SSSR count). The zero-order chi connectivity index (χ0) is 18.1. The van der Waals surface area contributed by atoms with E-state index in [1.165, 1.54) is 0 Å². The van der Waals surface area contributed by atoms with Gasteiger partial charge in [-0.15, -0.1) is 0 Å². The van der Waals surface area contributed by atoms with Crippen molar-refractivity contribution in [1.82, 2.24) is 5.43 Å². The summed E-state index contributed by atoms with van der Waals surface area (Å²) in [4.78, 5) is 0. The van der Waals surface area contributed by atoms with Crippen molar-refractivity contribution in [3.05, 3.63) is 57.0 Å². The smallest absolute Gasteiger partial charge is 0.175 e. The lowest BCUT2D eigenvalue weighted by atomic mass is 10.2. The summed E-state index contributed by atoms with van der Waals surface area (Å²) in [5.41, 5.74) is 5.06. The Labute approximate surface area is 162 Å². The lowest BCUT2D eigenvalue weighted by Crippen LogP contribution is -2.06. The lowest BCUT2D eigenvalue weighted by molar-refractivity contribution is 0.275. The highest BCUT2D eigenvalue weighted by atomic mass is 79.9. The predicted molar refractivity (Wildman–Crippen MR) is 107 cm³/mol. The number of nitrogens with one attached hydrogen (secondary N) is 1. The number of benzene rings is 2. The number of hydrogen-bond acceptors (Lipinski definition) is 4. The van der Waals surface area contributed by atoms with Crippen molar-refractivity contribution >= 4 is 33.7 Å². The summed E-state index contributed by atoms with van der Waals surface area (Å²) in [6, 6.07) is 11.5. The minimum Gasteiger partial charge on any atom is -0.490 e. The standard InChI is InChI=1S/C19H22BrClN2O2/c1-3-9-25-19-17(20)10-15(11-18(19)24-4-2)13-23-22-12-14-5-7-16(21)8-6-14/h5-8,10-11,13,22H,3-4,9,12H2,1-2H3/b23-13-. The van der Waals surface area contributed by atoms with Crippen molar-refractivity contribution in [2.45, 2.75) is 26.8 Å². The molecular formula is C19H22BrClN2O2. The van der Waals surface area contributed by atoms with Gasteiger partial charge in [0.05, 0.1) is 30.4 Å². The van der Waals surface area contributed by atoms with Crippen LogP contribution in [0.1, 0.15) is 31.4 Å². The highest BCUT2D eigenvalue weighted by Crippen LogP contribution is 2.36. The summed E-state index contributed by atoms with van der Waals surface area (Å²) in [5.74, 6) is 1.44. The second-order valence-corrected chi connectivity index (χ2v) is 6.62. The van der Waals surface area contributed by atoms with Crippen LogP contribution in [0.2, 0.25) is 5.02 Å². The molecule has 0 unspecified atom stereocenters. The van der Waals surface area contributed by atoms with Gasteiger partial charge in [0.1, 0.15) is 0 Å². The van der Waals surface area contributed by atoms with E-state index in [0.29, 0.717) is 25.5 Å². The third-order valence-corrected chi connectivity index (χ3v) is 4.12. The van der Waals surface area contributed by atoms with Crippen LogP contribution in [0.4, 0.5) is 0 Å². The molecule has 0 bridgehead atoms. The molecular weight excluding hydrogens is 404 g/mol. The van der Waals surface area contributed by atoms with Crippen molar-refractivity contribution < 1.29 is 9.47 Å². The van der Waals surface area contributed by atoms with Crippen LogP contribution in [-0.4, -0.2) is 19.4 Å². The number of rotatable bonds is 9. The first-order valence-corrected chi connectivity index (χ1v) is 9.40. The summed E-state index contributed by atoms with van der Waals surface area (Å²) in [6.07, 6.45) is 2.70. The molecule has 0 radical (unpaired) electrons. The summed E-state index contributed by atoms with van der Waals surface area (Å²) in [5, 5.41) is 5.00. The van der Waals surface area contributed by atoms with Crippen molar-refractivity contribution in [3.8, 4) is 11.5 Å². The SMILES string of the molecule is CCCOc1c(Br)cc(/C=N\NCc2ccc(Cl)cc2)cc1OCC. The van der Waals surface area contributed by atoms with Crippen LogP contribution >= 0.6 is 27.5 Å². The monoisotopic (exact) mass is 424 g/mol. The molecule has 1 N–H and O–H groups in total. The first-order chi connectivity index (χ1) is 12.1. The fourth-order valence-corrected chi connectivity index (χ4v) is 2.83. The van der Waals surface area contributed by atoms with Gasteiger partial charge >= 0.3 is 0 Å². The number of hydrogen-bond donors (Lipinski definition) is 1. The van der Waals surface area contributed by atoms with E-state index in [1.807, 2.05) is 43.3 Å². The van der Waals surface area contributed by atoms with Crippen LogP contribution in [0.25, 0.3) is 0 Å². The Kier molecular flexibility index (Phi) is 8.09. The summed E-state index contributed by atoms with van der Waals surface area (Å²) < 4.78 is 12.3. The number of halogens is 2. The molecule has 0 atom stereocenters. The molecule has 0 aliphatic carbocycles. The molecule has 4 nitrogen and oxygen atoms in total. The molecule has 2 aromatic rings. The molecule has 0 heterocycles.